The summed E-state index contributed by atoms with van der Waals surface area (Å²) in [5.41, 5.74) is 0.777. The van der Waals surface area contributed by atoms with Gasteiger partial charge >= 0.3 is 0 Å². The van der Waals surface area contributed by atoms with E-state index in [1.165, 1.54) is 0 Å². The maximum Gasteiger partial charge on any atom is 0.230 e. The summed E-state index contributed by atoms with van der Waals surface area (Å²) in [6.45, 7) is 4.60. The molecule has 1 fully saturated rings. The Bertz CT molecular complexity index is 481. The van der Waals surface area contributed by atoms with Gasteiger partial charge in [0.25, 0.3) is 0 Å². The SMILES string of the molecule is CCCCC(=O)C1CC(=O)N1c1ccc(OCC)cc1. The third-order valence-electron chi connectivity index (χ3n) is 3.52. The molecule has 0 bridgehead atoms. The standard InChI is InChI=1S/C16H21NO3/c1-3-5-6-15(18)14-11-16(19)17(14)12-7-9-13(10-8-12)20-4-2/h7-10,14H,3-6,11H2,1-2H3. The third kappa shape index (κ3) is 3.00. The number of carbonyl (C=O) groups is 2. The van der Waals surface area contributed by atoms with Gasteiger partial charge < -0.3 is 9.64 Å². The molecule has 1 heterocycles. The first kappa shape index (κ1) is 14.6. The lowest BCUT2D eigenvalue weighted by Crippen LogP contribution is -2.57. The van der Waals surface area contributed by atoms with Gasteiger partial charge in [-0.1, -0.05) is 13.3 Å². The molecule has 4 heteroatoms. The van der Waals surface area contributed by atoms with Gasteiger partial charge in [-0.3, -0.25) is 9.59 Å². The molecule has 1 aliphatic rings. The number of hydrogen-bond acceptors (Lipinski definition) is 3. The van der Waals surface area contributed by atoms with Gasteiger partial charge in [-0.15, -0.1) is 0 Å². The van der Waals surface area contributed by atoms with Crippen molar-refractivity contribution in [3.63, 3.8) is 0 Å². The van der Waals surface area contributed by atoms with Crippen LogP contribution in [0.15, 0.2) is 24.3 Å². The fourth-order valence-corrected chi connectivity index (χ4v) is 2.39. The smallest absolute Gasteiger partial charge is 0.230 e. The molecule has 1 unspecified atom stereocenters. The van der Waals surface area contributed by atoms with Crippen LogP contribution in [-0.4, -0.2) is 24.3 Å². The number of unbranched alkanes of at least 4 members (excludes halogenated alkanes) is 1. The molecule has 0 radical (unpaired) electrons. The highest BCUT2D eigenvalue weighted by atomic mass is 16.5. The number of carbonyl (C=O) groups excluding carboxylic acids is 2. The number of rotatable bonds is 7. The lowest BCUT2D eigenvalue weighted by molar-refractivity contribution is -0.132. The van der Waals surface area contributed by atoms with Gasteiger partial charge in [0.2, 0.25) is 5.91 Å². The lowest BCUT2D eigenvalue weighted by Gasteiger charge is -2.39. The molecule has 108 valence electrons. The summed E-state index contributed by atoms with van der Waals surface area (Å²) in [4.78, 5) is 25.4. The van der Waals surface area contributed by atoms with Crippen LogP contribution in [-0.2, 0) is 9.59 Å². The summed E-state index contributed by atoms with van der Waals surface area (Å²) in [6.07, 6.45) is 2.79. The van der Waals surface area contributed by atoms with E-state index in [4.69, 9.17) is 4.74 Å². The Morgan fingerprint density at radius 2 is 2.00 bits per heavy atom. The Labute approximate surface area is 119 Å². The molecule has 0 N–H and O–H groups in total. The van der Waals surface area contributed by atoms with Crippen LogP contribution < -0.4 is 9.64 Å². The summed E-state index contributed by atoms with van der Waals surface area (Å²) in [5.74, 6) is 0.961. The Hall–Kier alpha value is -1.84. The van der Waals surface area contributed by atoms with Gasteiger partial charge in [0, 0.05) is 12.1 Å². The highest BCUT2D eigenvalue weighted by Gasteiger charge is 2.41. The number of Topliss-reactive ketones (excluding diaryl/α,β-unsaturated/α-hetero) is 1. The Kier molecular flexibility index (Phi) is 4.77. The fraction of sp³-hybridized carbons (Fsp3) is 0.500. The first-order valence-electron chi connectivity index (χ1n) is 7.25. The summed E-state index contributed by atoms with van der Waals surface area (Å²) < 4.78 is 5.38. The Balaban J connectivity index is 2.05. The monoisotopic (exact) mass is 275 g/mol. The van der Waals surface area contributed by atoms with E-state index < -0.39 is 0 Å². The van der Waals surface area contributed by atoms with E-state index in [0.29, 0.717) is 19.4 Å². The predicted octanol–water partition coefficient (Wildman–Crippen LogP) is 2.95. The number of ketones is 1. The summed E-state index contributed by atoms with van der Waals surface area (Å²) >= 11 is 0. The molecule has 1 aromatic carbocycles. The van der Waals surface area contributed by atoms with Crippen LogP contribution in [0.5, 0.6) is 5.75 Å². The van der Waals surface area contributed by atoms with Crippen LogP contribution in [0.25, 0.3) is 0 Å². The van der Waals surface area contributed by atoms with E-state index in [-0.39, 0.29) is 17.7 Å². The van der Waals surface area contributed by atoms with Crippen molar-refractivity contribution >= 4 is 17.4 Å². The lowest BCUT2D eigenvalue weighted by atomic mass is 9.93. The van der Waals surface area contributed by atoms with Crippen LogP contribution in [0.1, 0.15) is 39.5 Å². The third-order valence-corrected chi connectivity index (χ3v) is 3.52. The van der Waals surface area contributed by atoms with E-state index in [1.807, 2.05) is 31.2 Å². The van der Waals surface area contributed by atoms with E-state index in [9.17, 15) is 9.59 Å². The molecule has 1 atom stereocenters. The number of β-lactam (4-membered cyclic amide) rings is 1. The van der Waals surface area contributed by atoms with Crippen molar-refractivity contribution in [2.24, 2.45) is 0 Å². The summed E-state index contributed by atoms with van der Waals surface area (Å²) in [6, 6.07) is 7.06. The molecule has 1 aromatic rings. The molecule has 2 rings (SSSR count). The largest absolute Gasteiger partial charge is 0.494 e. The highest BCUT2D eigenvalue weighted by molar-refractivity contribution is 6.10. The molecule has 1 aliphatic heterocycles. The van der Waals surface area contributed by atoms with Gasteiger partial charge in [0.1, 0.15) is 11.8 Å². The second kappa shape index (κ2) is 6.55. The molecular weight excluding hydrogens is 254 g/mol. The number of nitrogens with zero attached hydrogens (tertiary/aromatic N) is 1. The second-order valence-electron chi connectivity index (χ2n) is 4.98. The maximum atomic E-state index is 12.1. The highest BCUT2D eigenvalue weighted by Crippen LogP contribution is 2.30. The minimum atomic E-state index is -0.271. The van der Waals surface area contributed by atoms with Crippen molar-refractivity contribution in [2.75, 3.05) is 11.5 Å². The molecule has 20 heavy (non-hydrogen) atoms. The van der Waals surface area contributed by atoms with E-state index in [2.05, 4.69) is 6.92 Å². The zero-order valence-corrected chi connectivity index (χ0v) is 12.1. The van der Waals surface area contributed by atoms with Crippen molar-refractivity contribution in [3.8, 4) is 5.75 Å². The first-order chi connectivity index (χ1) is 9.67. The number of ether oxygens (including phenoxy) is 1. The average Bonchev–Trinajstić information content (AvgIpc) is 2.44. The molecule has 0 aromatic heterocycles. The first-order valence-corrected chi connectivity index (χ1v) is 7.25. The minimum absolute atomic E-state index is 0.0176. The maximum absolute atomic E-state index is 12.1. The van der Waals surface area contributed by atoms with Crippen molar-refractivity contribution in [2.45, 2.75) is 45.6 Å². The zero-order valence-electron chi connectivity index (χ0n) is 12.1. The molecule has 4 nitrogen and oxygen atoms in total. The van der Waals surface area contributed by atoms with Crippen molar-refractivity contribution in [1.29, 1.82) is 0 Å². The van der Waals surface area contributed by atoms with Gasteiger partial charge in [-0.2, -0.15) is 0 Å². The van der Waals surface area contributed by atoms with E-state index in [0.717, 1.165) is 24.3 Å². The van der Waals surface area contributed by atoms with Gasteiger partial charge in [-0.25, -0.2) is 0 Å². The van der Waals surface area contributed by atoms with Crippen molar-refractivity contribution in [1.82, 2.24) is 0 Å². The number of amides is 1. The molecular formula is C16H21NO3. The van der Waals surface area contributed by atoms with Gasteiger partial charge in [0.05, 0.1) is 13.0 Å². The fourth-order valence-electron chi connectivity index (χ4n) is 2.39. The topological polar surface area (TPSA) is 46.6 Å². The summed E-state index contributed by atoms with van der Waals surface area (Å²) in [7, 11) is 0. The second-order valence-corrected chi connectivity index (χ2v) is 4.98. The van der Waals surface area contributed by atoms with Crippen molar-refractivity contribution < 1.29 is 14.3 Å². The van der Waals surface area contributed by atoms with Crippen LogP contribution >= 0.6 is 0 Å². The minimum Gasteiger partial charge on any atom is -0.494 e. The van der Waals surface area contributed by atoms with E-state index >= 15 is 0 Å². The van der Waals surface area contributed by atoms with Crippen molar-refractivity contribution in [3.05, 3.63) is 24.3 Å². The van der Waals surface area contributed by atoms with Crippen LogP contribution in [0.4, 0.5) is 5.69 Å². The number of hydrogen-bond donors (Lipinski definition) is 0. The van der Waals surface area contributed by atoms with Gasteiger partial charge in [-0.05, 0) is 37.6 Å². The number of benzene rings is 1. The number of anilines is 1. The molecule has 0 saturated carbocycles. The quantitative estimate of drug-likeness (QED) is 0.719. The molecule has 1 saturated heterocycles. The molecule has 0 spiro atoms. The Morgan fingerprint density at radius 3 is 2.55 bits per heavy atom. The molecule has 0 aliphatic carbocycles. The van der Waals surface area contributed by atoms with E-state index in [1.54, 1.807) is 4.90 Å². The predicted molar refractivity (Wildman–Crippen MR) is 78.0 cm³/mol. The summed E-state index contributed by atoms with van der Waals surface area (Å²) in [5, 5.41) is 0. The average molecular weight is 275 g/mol. The van der Waals surface area contributed by atoms with Crippen LogP contribution in [0, 0.1) is 0 Å². The van der Waals surface area contributed by atoms with Crippen LogP contribution in [0.2, 0.25) is 0 Å². The normalized spacial score (nSPS) is 17.8. The van der Waals surface area contributed by atoms with Crippen LogP contribution in [0.3, 0.4) is 0 Å². The van der Waals surface area contributed by atoms with Gasteiger partial charge in [0.15, 0.2) is 5.78 Å². The zero-order chi connectivity index (χ0) is 14.5. The molecule has 1 amide bonds. The Morgan fingerprint density at radius 1 is 1.30 bits per heavy atom.